The van der Waals surface area contributed by atoms with Crippen LogP contribution in [0.1, 0.15) is 31.5 Å². The molecule has 1 heterocycles. The molecule has 1 amide bonds. The van der Waals surface area contributed by atoms with Gasteiger partial charge in [-0.05, 0) is 12.8 Å². The molecule has 0 saturated carbocycles. The minimum atomic E-state index is 0.0126. The fraction of sp³-hybridized carbons (Fsp3) is 0.615. The number of hydrogen-bond donors (Lipinski definition) is 2. The summed E-state index contributed by atoms with van der Waals surface area (Å²) >= 11 is 0. The quantitative estimate of drug-likeness (QED) is 0.807. The Morgan fingerprint density at radius 3 is 2.79 bits per heavy atom. The molecule has 104 valence electrons. The molecule has 0 unspecified atom stereocenters. The number of hydrogen-bond acceptors (Lipinski definition) is 4. The minimum absolute atomic E-state index is 0.0126. The van der Waals surface area contributed by atoms with E-state index < -0.39 is 0 Å². The van der Waals surface area contributed by atoms with Gasteiger partial charge >= 0.3 is 0 Å². The molecule has 6 heteroatoms. The summed E-state index contributed by atoms with van der Waals surface area (Å²) < 4.78 is 1.62. The van der Waals surface area contributed by atoms with Crippen LogP contribution in [0.2, 0.25) is 0 Å². The van der Waals surface area contributed by atoms with E-state index >= 15 is 0 Å². The van der Waals surface area contributed by atoms with Crippen molar-refractivity contribution in [2.75, 3.05) is 18.4 Å². The van der Waals surface area contributed by atoms with Gasteiger partial charge in [-0.1, -0.05) is 13.8 Å². The third-order valence-electron chi connectivity index (χ3n) is 2.69. The Hall–Kier alpha value is -2.03. The summed E-state index contributed by atoms with van der Waals surface area (Å²) in [6.45, 7) is 7.07. The van der Waals surface area contributed by atoms with Crippen molar-refractivity contribution < 1.29 is 4.79 Å². The van der Waals surface area contributed by atoms with Gasteiger partial charge in [0.2, 0.25) is 5.91 Å². The van der Waals surface area contributed by atoms with Gasteiger partial charge in [0.05, 0.1) is 5.69 Å². The van der Waals surface area contributed by atoms with Gasteiger partial charge in [0.15, 0.2) is 0 Å². The summed E-state index contributed by atoms with van der Waals surface area (Å²) in [6.07, 6.45) is 0.377. The molecule has 1 rings (SSSR count). The van der Waals surface area contributed by atoms with Gasteiger partial charge in [-0.15, -0.1) is 0 Å². The Bertz CT molecular complexity index is 484. The molecule has 0 radical (unpaired) electrons. The van der Waals surface area contributed by atoms with Gasteiger partial charge in [-0.3, -0.25) is 9.48 Å². The molecule has 1 aromatic heterocycles. The molecule has 2 N–H and O–H groups in total. The summed E-state index contributed by atoms with van der Waals surface area (Å²) in [4.78, 5) is 11.5. The van der Waals surface area contributed by atoms with E-state index in [1.807, 2.05) is 0 Å². The fourth-order valence-electron chi connectivity index (χ4n) is 1.70. The van der Waals surface area contributed by atoms with Crippen LogP contribution >= 0.6 is 0 Å². The Labute approximate surface area is 113 Å². The van der Waals surface area contributed by atoms with Crippen LogP contribution in [0, 0.1) is 24.2 Å². The third-order valence-corrected chi connectivity index (χ3v) is 2.69. The summed E-state index contributed by atoms with van der Waals surface area (Å²) in [6, 6.07) is 2.12. The van der Waals surface area contributed by atoms with Crippen molar-refractivity contribution in [3.05, 3.63) is 11.3 Å². The zero-order valence-electron chi connectivity index (χ0n) is 11.9. The van der Waals surface area contributed by atoms with Crippen LogP contribution in [0.5, 0.6) is 0 Å². The first-order valence-electron chi connectivity index (χ1n) is 6.40. The molecular weight excluding hydrogens is 242 g/mol. The molecule has 0 aromatic carbocycles. The van der Waals surface area contributed by atoms with Crippen molar-refractivity contribution in [3.8, 4) is 6.07 Å². The molecule has 19 heavy (non-hydrogen) atoms. The summed E-state index contributed by atoms with van der Waals surface area (Å²) in [7, 11) is 1.77. The van der Waals surface area contributed by atoms with E-state index in [1.54, 1.807) is 18.7 Å². The van der Waals surface area contributed by atoms with Crippen LogP contribution in [0.3, 0.4) is 0 Å². The number of aromatic nitrogens is 2. The lowest BCUT2D eigenvalue weighted by Gasteiger charge is -2.09. The van der Waals surface area contributed by atoms with Crippen molar-refractivity contribution in [3.63, 3.8) is 0 Å². The molecule has 0 spiro atoms. The summed E-state index contributed by atoms with van der Waals surface area (Å²) in [5.41, 5.74) is 1.22. The first-order chi connectivity index (χ1) is 8.95. The van der Waals surface area contributed by atoms with E-state index in [0.29, 0.717) is 42.5 Å². The lowest BCUT2D eigenvalue weighted by atomic mass is 10.2. The Kier molecular flexibility index (Phi) is 5.37. The second-order valence-electron chi connectivity index (χ2n) is 4.92. The number of carbonyl (C=O) groups is 1. The highest BCUT2D eigenvalue weighted by atomic mass is 16.1. The molecule has 1 aromatic rings. The second kappa shape index (κ2) is 6.78. The number of carbonyl (C=O) groups excluding carboxylic acids is 1. The standard InChI is InChI=1S/C13H21N5O/c1-9(2)8-16-12(19)5-6-15-13-11(7-14)10(3)17-18(13)4/h9,15H,5-6,8H2,1-4H3,(H,16,19). The van der Waals surface area contributed by atoms with Gasteiger partial charge in [0.1, 0.15) is 17.5 Å². The smallest absolute Gasteiger partial charge is 0.221 e. The van der Waals surface area contributed by atoms with Crippen molar-refractivity contribution in [2.45, 2.75) is 27.2 Å². The molecule has 0 bridgehead atoms. The maximum absolute atomic E-state index is 11.5. The average Bonchev–Trinajstić information content (AvgIpc) is 2.61. The van der Waals surface area contributed by atoms with Crippen LogP contribution in [0.4, 0.5) is 5.82 Å². The topological polar surface area (TPSA) is 82.7 Å². The van der Waals surface area contributed by atoms with Crippen LogP contribution in [-0.2, 0) is 11.8 Å². The average molecular weight is 263 g/mol. The first-order valence-corrected chi connectivity index (χ1v) is 6.40. The highest BCUT2D eigenvalue weighted by molar-refractivity contribution is 5.76. The van der Waals surface area contributed by atoms with Gasteiger partial charge in [0, 0.05) is 26.6 Å². The van der Waals surface area contributed by atoms with E-state index in [4.69, 9.17) is 5.26 Å². The predicted molar refractivity (Wildman–Crippen MR) is 73.6 cm³/mol. The number of nitriles is 1. The van der Waals surface area contributed by atoms with Gasteiger partial charge in [0.25, 0.3) is 0 Å². The monoisotopic (exact) mass is 263 g/mol. The normalized spacial score (nSPS) is 10.3. The maximum Gasteiger partial charge on any atom is 0.221 e. The number of anilines is 1. The van der Waals surface area contributed by atoms with Crippen LogP contribution in [0.15, 0.2) is 0 Å². The van der Waals surface area contributed by atoms with Crippen LogP contribution in [-0.4, -0.2) is 28.8 Å². The molecule has 0 saturated heterocycles. The van der Waals surface area contributed by atoms with E-state index in [-0.39, 0.29) is 5.91 Å². The number of rotatable bonds is 6. The van der Waals surface area contributed by atoms with E-state index in [1.165, 1.54) is 0 Å². The van der Waals surface area contributed by atoms with Gasteiger partial charge in [-0.25, -0.2) is 0 Å². The molecular formula is C13H21N5O. The maximum atomic E-state index is 11.5. The number of aryl methyl sites for hydroxylation is 2. The van der Waals surface area contributed by atoms with E-state index in [0.717, 1.165) is 0 Å². The van der Waals surface area contributed by atoms with E-state index in [2.05, 4.69) is 35.6 Å². The highest BCUT2D eigenvalue weighted by Crippen LogP contribution is 2.16. The van der Waals surface area contributed by atoms with Crippen molar-refractivity contribution in [1.82, 2.24) is 15.1 Å². The van der Waals surface area contributed by atoms with Gasteiger partial charge in [-0.2, -0.15) is 10.4 Å². The lowest BCUT2D eigenvalue weighted by molar-refractivity contribution is -0.120. The van der Waals surface area contributed by atoms with E-state index in [9.17, 15) is 4.79 Å². The number of nitrogens with zero attached hydrogens (tertiary/aromatic N) is 3. The fourth-order valence-corrected chi connectivity index (χ4v) is 1.70. The SMILES string of the molecule is Cc1nn(C)c(NCCC(=O)NCC(C)C)c1C#N. The second-order valence-corrected chi connectivity index (χ2v) is 4.92. The third kappa shape index (κ3) is 4.28. The summed E-state index contributed by atoms with van der Waals surface area (Å²) in [5, 5.41) is 19.2. The minimum Gasteiger partial charge on any atom is -0.369 e. The molecule has 0 atom stereocenters. The molecule has 0 fully saturated rings. The zero-order valence-corrected chi connectivity index (χ0v) is 11.9. The van der Waals surface area contributed by atoms with Crippen LogP contribution in [0.25, 0.3) is 0 Å². The Morgan fingerprint density at radius 2 is 2.21 bits per heavy atom. The molecule has 0 aliphatic carbocycles. The Balaban J connectivity index is 2.46. The number of nitrogens with one attached hydrogen (secondary N) is 2. The molecule has 6 nitrogen and oxygen atoms in total. The van der Waals surface area contributed by atoms with Crippen molar-refractivity contribution >= 4 is 11.7 Å². The first kappa shape index (κ1) is 15.0. The van der Waals surface area contributed by atoms with Crippen molar-refractivity contribution in [2.24, 2.45) is 13.0 Å². The number of amides is 1. The lowest BCUT2D eigenvalue weighted by Crippen LogP contribution is -2.28. The summed E-state index contributed by atoms with van der Waals surface area (Å²) in [5.74, 6) is 1.12. The van der Waals surface area contributed by atoms with Crippen molar-refractivity contribution in [1.29, 1.82) is 5.26 Å². The zero-order chi connectivity index (χ0) is 14.4. The Morgan fingerprint density at radius 1 is 1.53 bits per heavy atom. The van der Waals surface area contributed by atoms with Crippen LogP contribution < -0.4 is 10.6 Å². The largest absolute Gasteiger partial charge is 0.369 e. The predicted octanol–water partition coefficient (Wildman–Crippen LogP) is 1.17. The molecule has 0 aliphatic rings. The highest BCUT2D eigenvalue weighted by Gasteiger charge is 2.12. The molecule has 0 aliphatic heterocycles. The van der Waals surface area contributed by atoms with Gasteiger partial charge < -0.3 is 10.6 Å².